The van der Waals surface area contributed by atoms with Crippen molar-refractivity contribution in [2.45, 2.75) is 0 Å². The van der Waals surface area contributed by atoms with Gasteiger partial charge in [-0.15, -0.1) is 11.3 Å². The van der Waals surface area contributed by atoms with E-state index < -0.39 is 0 Å². The first kappa shape index (κ1) is 6.26. The maximum absolute atomic E-state index is 5.11. The summed E-state index contributed by atoms with van der Waals surface area (Å²) in [5.74, 6) is 0. The second-order valence-electron chi connectivity index (χ2n) is 2.81. The smallest absolute Gasteiger partial charge is 0.0981 e. The molecule has 0 spiro atoms. The average molecular weight is 174 g/mol. The van der Waals surface area contributed by atoms with Crippen LogP contribution in [0.4, 0.5) is 0 Å². The fourth-order valence-corrected chi connectivity index (χ4v) is 2.25. The molecule has 0 unspecified atom stereocenters. The van der Waals surface area contributed by atoms with Crippen LogP contribution in [0.15, 0.2) is 40.5 Å². The van der Waals surface area contributed by atoms with Crippen molar-refractivity contribution in [3.05, 3.63) is 36.1 Å². The minimum atomic E-state index is 1.18. The Hall–Kier alpha value is -1.28. The van der Waals surface area contributed by atoms with Crippen molar-refractivity contribution in [1.29, 1.82) is 0 Å². The summed E-state index contributed by atoms with van der Waals surface area (Å²) >= 11 is 1.76. The van der Waals surface area contributed by atoms with Crippen LogP contribution in [0, 0.1) is 0 Å². The van der Waals surface area contributed by atoms with Crippen LogP contribution in [0.25, 0.3) is 20.9 Å². The van der Waals surface area contributed by atoms with Gasteiger partial charge in [0.2, 0.25) is 0 Å². The summed E-state index contributed by atoms with van der Waals surface area (Å²) in [4.78, 5) is 0. The minimum Gasteiger partial charge on any atom is -0.471 e. The van der Waals surface area contributed by atoms with Gasteiger partial charge in [-0.3, -0.25) is 0 Å². The zero-order chi connectivity index (χ0) is 7.97. The molecule has 0 bridgehead atoms. The van der Waals surface area contributed by atoms with Gasteiger partial charge >= 0.3 is 0 Å². The van der Waals surface area contributed by atoms with E-state index in [1.165, 1.54) is 20.9 Å². The van der Waals surface area contributed by atoms with E-state index in [1.807, 2.05) is 0 Å². The number of benzene rings is 1. The van der Waals surface area contributed by atoms with Crippen LogP contribution < -0.4 is 0 Å². The van der Waals surface area contributed by atoms with Gasteiger partial charge in [0.05, 0.1) is 12.5 Å². The number of hydrogen-bond donors (Lipinski definition) is 0. The summed E-state index contributed by atoms with van der Waals surface area (Å²) < 4.78 is 6.43. The fourth-order valence-electron chi connectivity index (χ4n) is 1.43. The quantitative estimate of drug-likeness (QED) is 0.507. The third-order valence-electron chi connectivity index (χ3n) is 2.05. The second kappa shape index (κ2) is 2.11. The van der Waals surface area contributed by atoms with Gasteiger partial charge in [-0.05, 0) is 29.0 Å². The molecule has 0 atom stereocenters. The molecule has 2 heteroatoms. The average Bonchev–Trinajstić information content (AvgIpc) is 2.64. The molecule has 0 amide bonds. The van der Waals surface area contributed by atoms with Crippen LogP contribution in [0.1, 0.15) is 0 Å². The minimum absolute atomic E-state index is 1.18. The lowest BCUT2D eigenvalue weighted by molar-refractivity contribution is 0.572. The predicted molar refractivity (Wildman–Crippen MR) is 51.6 cm³/mol. The molecule has 0 aliphatic carbocycles. The number of hydrogen-bond acceptors (Lipinski definition) is 2. The summed E-state index contributed by atoms with van der Waals surface area (Å²) in [6.45, 7) is 0. The first-order valence-electron chi connectivity index (χ1n) is 3.77. The number of rotatable bonds is 0. The molecule has 0 aliphatic rings. The first-order valence-corrected chi connectivity index (χ1v) is 4.64. The molecule has 2 heterocycles. The molecule has 0 saturated heterocycles. The molecular formula is C10H6OS. The van der Waals surface area contributed by atoms with Crippen molar-refractivity contribution in [1.82, 2.24) is 0 Å². The third kappa shape index (κ3) is 0.728. The van der Waals surface area contributed by atoms with E-state index in [1.54, 1.807) is 23.9 Å². The standard InChI is InChI=1S/C10H6OS/c1-2-12-10-4-9-6-11-5-8(9)3-7(1)10/h1-6H. The normalized spacial score (nSPS) is 11.3. The van der Waals surface area contributed by atoms with Gasteiger partial charge in [0, 0.05) is 15.5 Å². The van der Waals surface area contributed by atoms with E-state index in [0.29, 0.717) is 0 Å². The largest absolute Gasteiger partial charge is 0.471 e. The molecule has 12 heavy (non-hydrogen) atoms. The third-order valence-corrected chi connectivity index (χ3v) is 2.93. The number of thiophene rings is 1. The summed E-state index contributed by atoms with van der Waals surface area (Å²) in [5.41, 5.74) is 0. The van der Waals surface area contributed by atoms with E-state index in [9.17, 15) is 0 Å². The lowest BCUT2D eigenvalue weighted by Gasteiger charge is -1.88. The predicted octanol–water partition coefficient (Wildman–Crippen LogP) is 3.65. The van der Waals surface area contributed by atoms with Gasteiger partial charge in [-0.2, -0.15) is 0 Å². The summed E-state index contributed by atoms with van der Waals surface area (Å²) in [6.07, 6.45) is 3.57. The summed E-state index contributed by atoms with van der Waals surface area (Å²) in [5, 5.41) is 5.78. The van der Waals surface area contributed by atoms with Crippen molar-refractivity contribution >= 4 is 32.2 Å². The molecule has 1 aromatic carbocycles. The first-order chi connectivity index (χ1) is 5.93. The maximum atomic E-state index is 5.11. The summed E-state index contributed by atoms with van der Waals surface area (Å²) in [6, 6.07) is 6.45. The Kier molecular flexibility index (Phi) is 1.10. The molecule has 0 aliphatic heterocycles. The molecule has 0 radical (unpaired) electrons. The van der Waals surface area contributed by atoms with Gasteiger partial charge in [-0.25, -0.2) is 0 Å². The van der Waals surface area contributed by atoms with Gasteiger partial charge in [0.15, 0.2) is 0 Å². The van der Waals surface area contributed by atoms with Crippen molar-refractivity contribution < 1.29 is 4.42 Å². The molecule has 3 rings (SSSR count). The Morgan fingerprint density at radius 3 is 2.75 bits per heavy atom. The van der Waals surface area contributed by atoms with Crippen LogP contribution in [0.2, 0.25) is 0 Å². The summed E-state index contributed by atoms with van der Waals surface area (Å²) in [7, 11) is 0. The molecule has 1 nitrogen and oxygen atoms in total. The Labute approximate surface area is 73.2 Å². The van der Waals surface area contributed by atoms with E-state index in [2.05, 4.69) is 23.6 Å². The highest BCUT2D eigenvalue weighted by atomic mass is 32.1. The lowest BCUT2D eigenvalue weighted by Crippen LogP contribution is -1.62. The number of fused-ring (bicyclic) bond motifs is 2. The van der Waals surface area contributed by atoms with Crippen LogP contribution >= 0.6 is 11.3 Å². The molecule has 0 fully saturated rings. The van der Waals surface area contributed by atoms with Crippen LogP contribution in [-0.2, 0) is 0 Å². The van der Waals surface area contributed by atoms with Gasteiger partial charge in [0.25, 0.3) is 0 Å². The van der Waals surface area contributed by atoms with Crippen molar-refractivity contribution in [3.8, 4) is 0 Å². The van der Waals surface area contributed by atoms with Crippen LogP contribution in [-0.4, -0.2) is 0 Å². The number of furan rings is 1. The van der Waals surface area contributed by atoms with Crippen molar-refractivity contribution in [3.63, 3.8) is 0 Å². The molecule has 58 valence electrons. The Morgan fingerprint density at radius 1 is 1.00 bits per heavy atom. The van der Waals surface area contributed by atoms with E-state index >= 15 is 0 Å². The highest BCUT2D eigenvalue weighted by molar-refractivity contribution is 7.17. The topological polar surface area (TPSA) is 13.1 Å². The van der Waals surface area contributed by atoms with Crippen molar-refractivity contribution in [2.24, 2.45) is 0 Å². The second-order valence-corrected chi connectivity index (χ2v) is 3.76. The van der Waals surface area contributed by atoms with Gasteiger partial charge in [0.1, 0.15) is 0 Å². The monoisotopic (exact) mass is 174 g/mol. The zero-order valence-corrected chi connectivity index (χ0v) is 7.10. The maximum Gasteiger partial charge on any atom is 0.0981 e. The highest BCUT2D eigenvalue weighted by Crippen LogP contribution is 2.26. The molecule has 0 saturated carbocycles. The molecule has 0 N–H and O–H groups in total. The Bertz CT molecular complexity index is 442. The lowest BCUT2D eigenvalue weighted by atomic mass is 10.2. The SMILES string of the molecule is c1cc2cc3cocc3cc2s1. The fraction of sp³-hybridized carbons (Fsp3) is 0. The Morgan fingerprint density at radius 2 is 1.83 bits per heavy atom. The Balaban J connectivity index is 2.62. The molecule has 2 aromatic heterocycles. The van der Waals surface area contributed by atoms with Crippen LogP contribution in [0.3, 0.4) is 0 Å². The molecule has 3 aromatic rings. The van der Waals surface area contributed by atoms with Crippen molar-refractivity contribution in [2.75, 3.05) is 0 Å². The van der Waals surface area contributed by atoms with Gasteiger partial charge in [-0.1, -0.05) is 0 Å². The van der Waals surface area contributed by atoms with E-state index in [0.717, 1.165) is 0 Å². The van der Waals surface area contributed by atoms with E-state index in [4.69, 9.17) is 4.42 Å². The van der Waals surface area contributed by atoms with Gasteiger partial charge < -0.3 is 4.42 Å². The molecular weight excluding hydrogens is 168 g/mol. The van der Waals surface area contributed by atoms with Crippen LogP contribution in [0.5, 0.6) is 0 Å². The zero-order valence-electron chi connectivity index (χ0n) is 6.28. The van der Waals surface area contributed by atoms with E-state index in [-0.39, 0.29) is 0 Å². The highest BCUT2D eigenvalue weighted by Gasteiger charge is 1.99.